The van der Waals surface area contributed by atoms with Crippen molar-refractivity contribution in [3.05, 3.63) is 170 Å². The smallest absolute Gasteiger partial charge is 0.229 e. The van der Waals surface area contributed by atoms with Crippen molar-refractivity contribution in [2.45, 2.75) is 0 Å². The highest BCUT2D eigenvalue weighted by Crippen LogP contribution is 2.43. The average molecular weight is 645 g/mol. The lowest BCUT2D eigenvalue weighted by molar-refractivity contribution is 0.623. The maximum absolute atomic E-state index is 6.74. The Labute approximate surface area is 286 Å². The largest absolute Gasteiger partial charge is 0.435 e. The molecule has 0 bridgehead atoms. The highest BCUT2D eigenvalue weighted by molar-refractivity contribution is 7.25. The predicted molar refractivity (Wildman–Crippen MR) is 207 cm³/mol. The fourth-order valence-corrected chi connectivity index (χ4v) is 8.30. The highest BCUT2D eigenvalue weighted by Gasteiger charge is 2.21. The minimum absolute atomic E-state index is 0.597. The van der Waals surface area contributed by atoms with Gasteiger partial charge in [-0.1, -0.05) is 115 Å². The van der Waals surface area contributed by atoms with Crippen molar-refractivity contribution in [1.29, 1.82) is 0 Å². The summed E-state index contributed by atoms with van der Waals surface area (Å²) in [4.78, 5) is 7.36. The first-order valence-corrected chi connectivity index (χ1v) is 17.3. The maximum Gasteiger partial charge on any atom is 0.229 e. The van der Waals surface area contributed by atoms with Gasteiger partial charge in [0.25, 0.3) is 0 Å². The third kappa shape index (κ3) is 4.61. The van der Waals surface area contributed by atoms with Crippen molar-refractivity contribution in [2.24, 2.45) is 0 Å². The predicted octanol–water partition coefficient (Wildman–Crippen LogP) is 13.3. The minimum Gasteiger partial charge on any atom is -0.435 e. The van der Waals surface area contributed by atoms with Crippen LogP contribution in [0.15, 0.2) is 174 Å². The first kappa shape index (κ1) is 27.8. The Hall–Kier alpha value is -6.23. The zero-order valence-corrected chi connectivity index (χ0v) is 27.2. The molecule has 0 unspecified atom stereocenters. The van der Waals surface area contributed by atoms with E-state index in [1.807, 2.05) is 11.3 Å². The van der Waals surface area contributed by atoms with Crippen molar-refractivity contribution in [3.63, 3.8) is 0 Å². The summed E-state index contributed by atoms with van der Waals surface area (Å²) < 4.78 is 9.36. The summed E-state index contributed by atoms with van der Waals surface area (Å²) in [5, 5.41) is 7.22. The molecule has 0 spiro atoms. The fraction of sp³-hybridized carbons (Fsp3) is 0. The van der Waals surface area contributed by atoms with Crippen LogP contribution in [0.4, 0.5) is 17.1 Å². The van der Waals surface area contributed by atoms with Crippen molar-refractivity contribution in [2.75, 3.05) is 4.90 Å². The molecule has 0 aliphatic heterocycles. The van der Waals surface area contributed by atoms with Gasteiger partial charge in [0, 0.05) is 36.9 Å². The Balaban J connectivity index is 1.10. The van der Waals surface area contributed by atoms with Crippen LogP contribution in [0.2, 0.25) is 0 Å². The molecule has 10 rings (SSSR count). The molecule has 3 nitrogen and oxygen atoms in total. The van der Waals surface area contributed by atoms with E-state index >= 15 is 0 Å². The highest BCUT2D eigenvalue weighted by atomic mass is 32.1. The van der Waals surface area contributed by atoms with E-state index in [0.29, 0.717) is 5.89 Å². The van der Waals surface area contributed by atoms with Gasteiger partial charge < -0.3 is 9.32 Å². The standard InChI is InChI=1S/C45H28N2OS/c1-2-11-33(12-3-1)47(34-24-20-29(21-25-34)32-22-26-37-36-14-7-9-17-41(36)49-42(37)28-32)40-16-8-6-15-38(40)45-46-39-27-23-31-19-18-30-10-4-5-13-35(30)43(31)44(39)48-45/h1-28H. The van der Waals surface area contributed by atoms with Crippen LogP contribution in [0, 0.1) is 0 Å². The average Bonchev–Trinajstić information content (AvgIpc) is 3.77. The van der Waals surface area contributed by atoms with Gasteiger partial charge in [0.2, 0.25) is 5.89 Å². The van der Waals surface area contributed by atoms with Gasteiger partial charge in [0.15, 0.2) is 5.58 Å². The molecule has 0 aliphatic rings. The number of para-hydroxylation sites is 2. The van der Waals surface area contributed by atoms with Gasteiger partial charge in [-0.2, -0.15) is 0 Å². The van der Waals surface area contributed by atoms with Crippen molar-refractivity contribution in [3.8, 4) is 22.6 Å². The van der Waals surface area contributed by atoms with Gasteiger partial charge in [0.05, 0.1) is 11.3 Å². The number of thiophene rings is 1. The summed E-state index contributed by atoms with van der Waals surface area (Å²) in [6, 6.07) is 60.2. The van der Waals surface area contributed by atoms with Crippen LogP contribution in [0.5, 0.6) is 0 Å². The molecule has 4 heteroatoms. The number of hydrogen-bond acceptors (Lipinski definition) is 4. The van der Waals surface area contributed by atoms with E-state index < -0.39 is 0 Å². The molecule has 0 radical (unpaired) electrons. The van der Waals surface area contributed by atoms with Crippen molar-refractivity contribution < 1.29 is 4.42 Å². The van der Waals surface area contributed by atoms with Gasteiger partial charge >= 0.3 is 0 Å². The van der Waals surface area contributed by atoms with Crippen LogP contribution in [0.3, 0.4) is 0 Å². The lowest BCUT2D eigenvalue weighted by atomic mass is 10.0. The fourth-order valence-electron chi connectivity index (χ4n) is 7.15. The Morgan fingerprint density at radius 2 is 1.16 bits per heavy atom. The number of anilines is 3. The van der Waals surface area contributed by atoms with Crippen LogP contribution >= 0.6 is 11.3 Å². The van der Waals surface area contributed by atoms with E-state index in [1.165, 1.54) is 42.1 Å². The molecule has 8 aromatic carbocycles. The Kier molecular flexibility index (Phi) is 6.36. The number of hydrogen-bond donors (Lipinski definition) is 0. The second-order valence-electron chi connectivity index (χ2n) is 12.4. The normalized spacial score (nSPS) is 11.7. The number of aromatic nitrogens is 1. The van der Waals surface area contributed by atoms with E-state index in [1.54, 1.807) is 0 Å². The zero-order chi connectivity index (χ0) is 32.3. The Morgan fingerprint density at radius 1 is 0.490 bits per heavy atom. The SMILES string of the molecule is c1ccc(N(c2ccc(-c3ccc4c(c3)sc3ccccc34)cc2)c2ccccc2-c2nc3ccc4ccc5ccccc5c4c3o2)cc1. The second-order valence-corrected chi connectivity index (χ2v) is 13.4. The maximum atomic E-state index is 6.74. The number of oxazole rings is 1. The molecule has 2 aromatic heterocycles. The summed E-state index contributed by atoms with van der Waals surface area (Å²) in [6.07, 6.45) is 0. The lowest BCUT2D eigenvalue weighted by Gasteiger charge is -2.27. The first-order chi connectivity index (χ1) is 24.3. The molecular formula is C45H28N2OS. The van der Waals surface area contributed by atoms with Gasteiger partial charge in [-0.3, -0.25) is 0 Å². The molecule has 0 amide bonds. The molecule has 2 heterocycles. The van der Waals surface area contributed by atoms with E-state index in [0.717, 1.165) is 44.5 Å². The molecule has 0 saturated heterocycles. The topological polar surface area (TPSA) is 29.3 Å². The number of rotatable bonds is 5. The monoisotopic (exact) mass is 644 g/mol. The molecule has 0 N–H and O–H groups in total. The molecule has 10 aromatic rings. The van der Waals surface area contributed by atoms with Crippen LogP contribution < -0.4 is 4.90 Å². The summed E-state index contributed by atoms with van der Waals surface area (Å²) in [5.74, 6) is 0.597. The second kappa shape index (κ2) is 11.2. The quantitative estimate of drug-likeness (QED) is 0.175. The molecular weight excluding hydrogens is 617 g/mol. The van der Waals surface area contributed by atoms with Gasteiger partial charge in [-0.05, 0) is 81.9 Å². The van der Waals surface area contributed by atoms with Gasteiger partial charge in [-0.25, -0.2) is 4.98 Å². The van der Waals surface area contributed by atoms with Crippen molar-refractivity contribution >= 4 is 81.2 Å². The number of nitrogens with zero attached hydrogens (tertiary/aromatic N) is 2. The molecule has 49 heavy (non-hydrogen) atoms. The minimum atomic E-state index is 0.597. The molecule has 230 valence electrons. The van der Waals surface area contributed by atoms with E-state index in [-0.39, 0.29) is 0 Å². The van der Waals surface area contributed by atoms with E-state index in [9.17, 15) is 0 Å². The van der Waals surface area contributed by atoms with Gasteiger partial charge in [-0.15, -0.1) is 11.3 Å². The van der Waals surface area contributed by atoms with E-state index in [4.69, 9.17) is 9.40 Å². The number of fused-ring (bicyclic) bond motifs is 8. The third-order valence-corrected chi connectivity index (χ3v) is 10.6. The Morgan fingerprint density at radius 3 is 2.06 bits per heavy atom. The summed E-state index contributed by atoms with van der Waals surface area (Å²) in [7, 11) is 0. The van der Waals surface area contributed by atoms with Gasteiger partial charge in [0.1, 0.15) is 5.52 Å². The van der Waals surface area contributed by atoms with E-state index in [2.05, 4.69) is 175 Å². The third-order valence-electron chi connectivity index (χ3n) is 9.49. The summed E-state index contributed by atoms with van der Waals surface area (Å²) in [6.45, 7) is 0. The van der Waals surface area contributed by atoms with Crippen LogP contribution in [-0.2, 0) is 0 Å². The first-order valence-electron chi connectivity index (χ1n) is 16.5. The van der Waals surface area contributed by atoms with Crippen molar-refractivity contribution in [1.82, 2.24) is 4.98 Å². The number of benzene rings is 8. The molecule has 0 fully saturated rings. The zero-order valence-electron chi connectivity index (χ0n) is 26.4. The van der Waals surface area contributed by atoms with Crippen LogP contribution in [0.1, 0.15) is 0 Å². The molecule has 0 atom stereocenters. The summed E-state index contributed by atoms with van der Waals surface area (Å²) >= 11 is 1.85. The lowest BCUT2D eigenvalue weighted by Crippen LogP contribution is -2.11. The van der Waals surface area contributed by atoms with Crippen LogP contribution in [-0.4, -0.2) is 4.98 Å². The molecule has 0 saturated carbocycles. The molecule has 0 aliphatic carbocycles. The van der Waals surface area contributed by atoms with Crippen LogP contribution in [0.25, 0.3) is 75.4 Å². The summed E-state index contributed by atoms with van der Waals surface area (Å²) in [5.41, 5.74) is 8.08. The Bertz CT molecular complexity index is 2830.